The molecule has 0 unspecified atom stereocenters. The Balaban J connectivity index is 1.81. The molecule has 2 heterocycles. The second-order valence-corrected chi connectivity index (χ2v) is 7.16. The molecule has 1 aromatic carbocycles. The van der Waals surface area contributed by atoms with Gasteiger partial charge < -0.3 is 5.32 Å². The lowest BCUT2D eigenvalue weighted by molar-refractivity contribution is -0.144. The van der Waals surface area contributed by atoms with Crippen molar-refractivity contribution in [3.8, 4) is 0 Å². The molecule has 0 spiro atoms. The fraction of sp³-hybridized carbons (Fsp3) is 0.278. The molecule has 3 aromatic rings. The summed E-state index contributed by atoms with van der Waals surface area (Å²) in [5.74, 6) is -0.735. The molecule has 0 aliphatic rings. The fourth-order valence-corrected chi connectivity index (χ4v) is 3.64. The van der Waals surface area contributed by atoms with E-state index >= 15 is 0 Å². The minimum atomic E-state index is -4.63. The van der Waals surface area contributed by atoms with Crippen LogP contribution in [0.15, 0.2) is 34.8 Å². The average molecular weight is 456 g/mol. The van der Waals surface area contributed by atoms with Crippen molar-refractivity contribution < 1.29 is 18.0 Å². The maximum atomic E-state index is 13.1. The number of hydrogen-bond donors (Lipinski definition) is 1. The number of aromatic nitrogens is 4. The van der Waals surface area contributed by atoms with Gasteiger partial charge in [-0.05, 0) is 53.5 Å². The van der Waals surface area contributed by atoms with Crippen LogP contribution in [0.1, 0.15) is 33.1 Å². The first-order valence-electron chi connectivity index (χ1n) is 8.27. The molecule has 6 nitrogen and oxygen atoms in total. The first-order chi connectivity index (χ1) is 13.1. The average Bonchev–Trinajstić information content (AvgIpc) is 3.05. The topological polar surface area (TPSA) is 64.7 Å². The molecule has 0 aliphatic heterocycles. The molecule has 1 N–H and O–H groups in total. The van der Waals surface area contributed by atoms with Crippen LogP contribution in [0.5, 0.6) is 0 Å². The quantitative estimate of drug-likeness (QED) is 0.637. The SMILES string of the molecule is Cc1cc(C)n(Cc2cccc(NC(=O)c3nn(C)c(C(F)(F)F)c3Br)c2)n1. The van der Waals surface area contributed by atoms with E-state index in [2.05, 4.69) is 31.4 Å². The van der Waals surface area contributed by atoms with Crippen LogP contribution >= 0.6 is 15.9 Å². The van der Waals surface area contributed by atoms with E-state index < -0.39 is 22.3 Å². The Bertz CT molecular complexity index is 1040. The van der Waals surface area contributed by atoms with Gasteiger partial charge in [0.25, 0.3) is 5.91 Å². The van der Waals surface area contributed by atoms with Crippen LogP contribution in [-0.2, 0) is 19.8 Å². The first kappa shape index (κ1) is 20.1. The molecule has 0 saturated heterocycles. The lowest BCUT2D eigenvalue weighted by Gasteiger charge is -2.08. The summed E-state index contributed by atoms with van der Waals surface area (Å²) < 4.78 is 41.3. The Kier molecular flexibility index (Phi) is 5.33. The van der Waals surface area contributed by atoms with E-state index in [4.69, 9.17) is 0 Å². The number of carbonyl (C=O) groups is 1. The molecule has 10 heteroatoms. The van der Waals surface area contributed by atoms with E-state index in [0.717, 1.165) is 24.0 Å². The lowest BCUT2D eigenvalue weighted by Crippen LogP contribution is -2.14. The van der Waals surface area contributed by atoms with Crippen molar-refractivity contribution in [2.45, 2.75) is 26.6 Å². The number of nitrogens with zero attached hydrogens (tertiary/aromatic N) is 4. The molecule has 0 atom stereocenters. The van der Waals surface area contributed by atoms with Gasteiger partial charge in [-0.15, -0.1) is 0 Å². The molecule has 3 rings (SSSR count). The Labute approximate surface area is 167 Å². The van der Waals surface area contributed by atoms with Gasteiger partial charge in [-0.1, -0.05) is 12.1 Å². The smallest absolute Gasteiger partial charge is 0.321 e. The summed E-state index contributed by atoms with van der Waals surface area (Å²) in [4.78, 5) is 12.5. The number of amides is 1. The molecule has 0 saturated carbocycles. The predicted octanol–water partition coefficient (Wildman–Crippen LogP) is 4.32. The van der Waals surface area contributed by atoms with Gasteiger partial charge in [0.15, 0.2) is 11.4 Å². The molecule has 0 radical (unpaired) electrons. The zero-order valence-electron chi connectivity index (χ0n) is 15.3. The largest absolute Gasteiger partial charge is 0.434 e. The van der Waals surface area contributed by atoms with E-state index in [1.807, 2.05) is 30.7 Å². The van der Waals surface area contributed by atoms with Crippen LogP contribution < -0.4 is 5.32 Å². The van der Waals surface area contributed by atoms with Gasteiger partial charge in [-0.25, -0.2) is 0 Å². The summed E-state index contributed by atoms with van der Waals surface area (Å²) in [5.41, 5.74) is 1.90. The zero-order valence-corrected chi connectivity index (χ0v) is 16.9. The van der Waals surface area contributed by atoms with Gasteiger partial charge >= 0.3 is 6.18 Å². The highest BCUT2D eigenvalue weighted by molar-refractivity contribution is 9.10. The number of alkyl halides is 3. The number of benzene rings is 1. The van der Waals surface area contributed by atoms with Gasteiger partial charge in [0.1, 0.15) is 0 Å². The molecular formula is C18H17BrF3N5O. The minimum absolute atomic E-state index is 0.334. The second kappa shape index (κ2) is 7.42. The highest BCUT2D eigenvalue weighted by Crippen LogP contribution is 2.36. The Morgan fingerprint density at radius 1 is 1.21 bits per heavy atom. The maximum absolute atomic E-state index is 13.1. The molecule has 2 aromatic heterocycles. The molecular weight excluding hydrogens is 439 g/mol. The fourth-order valence-electron chi connectivity index (χ4n) is 2.90. The molecule has 0 aliphatic carbocycles. The van der Waals surface area contributed by atoms with Crippen molar-refractivity contribution in [1.29, 1.82) is 0 Å². The Morgan fingerprint density at radius 2 is 1.93 bits per heavy atom. The number of anilines is 1. The van der Waals surface area contributed by atoms with Crippen LogP contribution in [-0.4, -0.2) is 25.5 Å². The van der Waals surface area contributed by atoms with E-state index in [1.165, 1.54) is 0 Å². The number of carbonyl (C=O) groups excluding carboxylic acids is 1. The van der Waals surface area contributed by atoms with Crippen molar-refractivity contribution in [1.82, 2.24) is 19.6 Å². The summed E-state index contributed by atoms with van der Waals surface area (Å²) in [6, 6.07) is 9.00. The van der Waals surface area contributed by atoms with Crippen molar-refractivity contribution in [2.75, 3.05) is 5.32 Å². The number of hydrogen-bond acceptors (Lipinski definition) is 3. The summed E-state index contributed by atoms with van der Waals surface area (Å²) in [5, 5.41) is 10.7. The van der Waals surface area contributed by atoms with Gasteiger partial charge in [-0.3, -0.25) is 14.2 Å². The standard InChI is InChI=1S/C18H17BrF3N5O/c1-10-7-11(2)27(24-10)9-12-5-4-6-13(8-12)23-17(28)15-14(19)16(18(20,21)22)26(3)25-15/h4-8H,9H2,1-3H3,(H,23,28). The van der Waals surface area contributed by atoms with Crippen LogP contribution in [0.2, 0.25) is 0 Å². The monoisotopic (exact) mass is 455 g/mol. The maximum Gasteiger partial charge on any atom is 0.434 e. The normalized spacial score (nSPS) is 11.7. The van der Waals surface area contributed by atoms with Gasteiger partial charge in [-0.2, -0.15) is 23.4 Å². The third-order valence-electron chi connectivity index (χ3n) is 4.09. The highest BCUT2D eigenvalue weighted by Gasteiger charge is 2.39. The third-order valence-corrected chi connectivity index (χ3v) is 4.84. The number of halogens is 4. The van der Waals surface area contributed by atoms with Gasteiger partial charge in [0.2, 0.25) is 0 Å². The minimum Gasteiger partial charge on any atom is -0.321 e. The first-order valence-corrected chi connectivity index (χ1v) is 9.06. The molecule has 28 heavy (non-hydrogen) atoms. The molecule has 0 fully saturated rings. The Morgan fingerprint density at radius 3 is 2.50 bits per heavy atom. The van der Waals surface area contributed by atoms with Crippen molar-refractivity contribution in [3.05, 3.63) is 63.1 Å². The number of nitrogens with one attached hydrogen (secondary N) is 1. The van der Waals surface area contributed by atoms with Crippen LogP contribution in [0, 0.1) is 13.8 Å². The third kappa shape index (κ3) is 4.11. The summed E-state index contributed by atoms with van der Waals surface area (Å²) in [6.07, 6.45) is -4.63. The van der Waals surface area contributed by atoms with Gasteiger partial charge in [0.05, 0.1) is 16.7 Å². The van der Waals surface area contributed by atoms with Gasteiger partial charge in [0, 0.05) is 18.4 Å². The number of rotatable bonds is 4. The van der Waals surface area contributed by atoms with Crippen molar-refractivity contribution in [3.63, 3.8) is 0 Å². The molecule has 148 valence electrons. The highest BCUT2D eigenvalue weighted by atomic mass is 79.9. The van der Waals surface area contributed by atoms with E-state index in [-0.39, 0.29) is 5.69 Å². The summed E-state index contributed by atoms with van der Waals surface area (Å²) >= 11 is 2.85. The molecule has 0 bridgehead atoms. The molecule has 1 amide bonds. The van der Waals surface area contributed by atoms with Crippen LogP contribution in [0.4, 0.5) is 18.9 Å². The summed E-state index contributed by atoms with van der Waals surface area (Å²) in [7, 11) is 1.14. The predicted molar refractivity (Wildman–Crippen MR) is 101 cm³/mol. The van der Waals surface area contributed by atoms with Crippen LogP contribution in [0.25, 0.3) is 0 Å². The Hall–Kier alpha value is -2.62. The lowest BCUT2D eigenvalue weighted by atomic mass is 10.2. The number of aryl methyl sites for hydroxylation is 3. The van der Waals surface area contributed by atoms with E-state index in [0.29, 0.717) is 16.9 Å². The van der Waals surface area contributed by atoms with E-state index in [1.54, 1.807) is 18.2 Å². The second-order valence-electron chi connectivity index (χ2n) is 6.37. The summed E-state index contributed by atoms with van der Waals surface area (Å²) in [6.45, 7) is 4.36. The van der Waals surface area contributed by atoms with Crippen molar-refractivity contribution >= 4 is 27.5 Å². The van der Waals surface area contributed by atoms with Crippen molar-refractivity contribution in [2.24, 2.45) is 7.05 Å². The van der Waals surface area contributed by atoms with Crippen LogP contribution in [0.3, 0.4) is 0 Å². The zero-order chi connectivity index (χ0) is 20.6. The van der Waals surface area contributed by atoms with E-state index in [9.17, 15) is 18.0 Å².